The minimum absolute atomic E-state index is 0.598. The summed E-state index contributed by atoms with van der Waals surface area (Å²) in [6.45, 7) is 2.51. The van der Waals surface area contributed by atoms with Crippen molar-refractivity contribution in [3.05, 3.63) is 23.5 Å². The van der Waals surface area contributed by atoms with Crippen molar-refractivity contribution in [1.82, 2.24) is 14.7 Å². The lowest BCUT2D eigenvalue weighted by atomic mass is 10.0. The van der Waals surface area contributed by atoms with E-state index in [9.17, 15) is 5.11 Å². The van der Waals surface area contributed by atoms with Gasteiger partial charge in [-0.2, -0.15) is 0 Å². The number of aromatic nitrogens is 2. The standard InChI is InChI=1S/C12H17N3OS/c1-12(16,8-13-9-2-3-9)6-10-7-15-4-5-17-11(15)14-10/h4-5,7,9,13,16H,2-3,6,8H2,1H3. The van der Waals surface area contributed by atoms with Gasteiger partial charge in [-0.05, 0) is 19.8 Å². The molecule has 2 heterocycles. The zero-order chi connectivity index (χ0) is 11.9. The van der Waals surface area contributed by atoms with E-state index in [1.807, 2.05) is 29.1 Å². The number of hydrogen-bond donors (Lipinski definition) is 2. The Hall–Kier alpha value is -0.910. The molecule has 17 heavy (non-hydrogen) atoms. The van der Waals surface area contributed by atoms with Crippen LogP contribution in [0.15, 0.2) is 17.8 Å². The highest BCUT2D eigenvalue weighted by Gasteiger charge is 2.27. The molecule has 0 radical (unpaired) electrons. The van der Waals surface area contributed by atoms with Crippen LogP contribution in [0.3, 0.4) is 0 Å². The highest BCUT2D eigenvalue weighted by atomic mass is 32.1. The fraction of sp³-hybridized carbons (Fsp3) is 0.583. The molecule has 1 atom stereocenters. The Morgan fingerprint density at radius 3 is 3.18 bits per heavy atom. The third-order valence-corrected chi connectivity index (χ3v) is 3.82. The smallest absolute Gasteiger partial charge is 0.193 e. The minimum Gasteiger partial charge on any atom is -0.388 e. The first kappa shape index (κ1) is 11.2. The van der Waals surface area contributed by atoms with Gasteiger partial charge in [0.2, 0.25) is 0 Å². The summed E-state index contributed by atoms with van der Waals surface area (Å²) in [5.74, 6) is 0. The second-order valence-electron chi connectivity index (χ2n) is 5.15. The van der Waals surface area contributed by atoms with Gasteiger partial charge in [-0.3, -0.25) is 4.40 Å². The van der Waals surface area contributed by atoms with Gasteiger partial charge in [-0.25, -0.2) is 4.98 Å². The Balaban J connectivity index is 1.65. The third kappa shape index (κ3) is 2.68. The second kappa shape index (κ2) is 4.08. The molecule has 0 aromatic carbocycles. The number of aliphatic hydroxyl groups is 1. The van der Waals surface area contributed by atoms with E-state index in [-0.39, 0.29) is 0 Å². The molecule has 0 bridgehead atoms. The van der Waals surface area contributed by atoms with Crippen molar-refractivity contribution in [1.29, 1.82) is 0 Å². The van der Waals surface area contributed by atoms with E-state index in [4.69, 9.17) is 0 Å². The predicted octanol–water partition coefficient (Wildman–Crippen LogP) is 1.44. The zero-order valence-electron chi connectivity index (χ0n) is 9.89. The fourth-order valence-electron chi connectivity index (χ4n) is 1.97. The summed E-state index contributed by atoms with van der Waals surface area (Å²) in [6.07, 6.45) is 7.08. The van der Waals surface area contributed by atoms with Crippen molar-refractivity contribution in [2.24, 2.45) is 0 Å². The first-order valence-corrected chi connectivity index (χ1v) is 6.87. The molecule has 1 fully saturated rings. The second-order valence-corrected chi connectivity index (χ2v) is 6.03. The van der Waals surface area contributed by atoms with Crippen LogP contribution in [0.5, 0.6) is 0 Å². The molecule has 0 amide bonds. The average molecular weight is 251 g/mol. The van der Waals surface area contributed by atoms with Crippen molar-refractivity contribution in [2.45, 2.75) is 37.8 Å². The van der Waals surface area contributed by atoms with Crippen LogP contribution in [-0.4, -0.2) is 32.7 Å². The summed E-state index contributed by atoms with van der Waals surface area (Å²) >= 11 is 1.62. The van der Waals surface area contributed by atoms with Crippen LogP contribution in [0.25, 0.3) is 4.96 Å². The van der Waals surface area contributed by atoms with Crippen LogP contribution in [0.2, 0.25) is 0 Å². The fourth-order valence-corrected chi connectivity index (χ4v) is 2.68. The predicted molar refractivity (Wildman–Crippen MR) is 68.4 cm³/mol. The summed E-state index contributed by atoms with van der Waals surface area (Å²) in [5, 5.41) is 15.7. The van der Waals surface area contributed by atoms with Gasteiger partial charge in [-0.15, -0.1) is 11.3 Å². The normalized spacial score (nSPS) is 19.6. The summed E-state index contributed by atoms with van der Waals surface area (Å²) in [5.41, 5.74) is 0.242. The molecule has 1 aliphatic rings. The van der Waals surface area contributed by atoms with E-state index in [0.717, 1.165) is 10.7 Å². The third-order valence-electron chi connectivity index (χ3n) is 3.05. The summed E-state index contributed by atoms with van der Waals surface area (Å²) in [7, 11) is 0. The van der Waals surface area contributed by atoms with Gasteiger partial charge < -0.3 is 10.4 Å². The van der Waals surface area contributed by atoms with Crippen molar-refractivity contribution in [3.8, 4) is 0 Å². The van der Waals surface area contributed by atoms with Crippen LogP contribution in [0.1, 0.15) is 25.5 Å². The molecule has 2 aromatic rings. The van der Waals surface area contributed by atoms with Gasteiger partial charge in [0.15, 0.2) is 4.96 Å². The lowest BCUT2D eigenvalue weighted by Crippen LogP contribution is -2.40. The number of fused-ring (bicyclic) bond motifs is 1. The van der Waals surface area contributed by atoms with E-state index in [1.165, 1.54) is 12.8 Å². The van der Waals surface area contributed by atoms with E-state index in [2.05, 4.69) is 10.3 Å². The number of nitrogens with one attached hydrogen (secondary N) is 1. The van der Waals surface area contributed by atoms with Crippen molar-refractivity contribution >= 4 is 16.3 Å². The molecule has 1 unspecified atom stereocenters. The lowest BCUT2D eigenvalue weighted by molar-refractivity contribution is 0.0589. The van der Waals surface area contributed by atoms with Gasteiger partial charge in [0.25, 0.3) is 0 Å². The molecule has 2 N–H and O–H groups in total. The SMILES string of the molecule is CC(O)(CNC1CC1)Cc1cn2ccsc2n1. The van der Waals surface area contributed by atoms with Crippen molar-refractivity contribution in [3.63, 3.8) is 0 Å². The summed E-state index contributed by atoms with van der Waals surface area (Å²) < 4.78 is 2.00. The average Bonchev–Trinajstić information content (AvgIpc) is 2.87. The minimum atomic E-state index is -0.716. The molecule has 2 aromatic heterocycles. The Bertz CT molecular complexity index is 484. The quantitative estimate of drug-likeness (QED) is 0.845. The molecule has 0 aliphatic heterocycles. The first-order valence-electron chi connectivity index (χ1n) is 5.99. The Morgan fingerprint density at radius 2 is 2.47 bits per heavy atom. The number of imidazole rings is 1. The van der Waals surface area contributed by atoms with Crippen LogP contribution in [-0.2, 0) is 6.42 Å². The van der Waals surface area contributed by atoms with Gasteiger partial charge >= 0.3 is 0 Å². The molecule has 0 spiro atoms. The molecule has 4 nitrogen and oxygen atoms in total. The van der Waals surface area contributed by atoms with Gasteiger partial charge in [-0.1, -0.05) is 0 Å². The lowest BCUT2D eigenvalue weighted by Gasteiger charge is -2.22. The highest BCUT2D eigenvalue weighted by molar-refractivity contribution is 7.15. The topological polar surface area (TPSA) is 49.6 Å². The summed E-state index contributed by atoms with van der Waals surface area (Å²) in [6, 6.07) is 0.631. The van der Waals surface area contributed by atoms with Crippen LogP contribution < -0.4 is 5.32 Å². The van der Waals surface area contributed by atoms with Gasteiger partial charge in [0, 0.05) is 36.8 Å². The maximum atomic E-state index is 10.3. The first-order chi connectivity index (χ1) is 8.12. The summed E-state index contributed by atoms with van der Waals surface area (Å²) in [4.78, 5) is 5.49. The molecule has 1 aliphatic carbocycles. The van der Waals surface area contributed by atoms with E-state index < -0.39 is 5.60 Å². The molecule has 0 saturated heterocycles. The van der Waals surface area contributed by atoms with E-state index >= 15 is 0 Å². The molecule has 3 rings (SSSR count). The Morgan fingerprint density at radius 1 is 1.65 bits per heavy atom. The zero-order valence-corrected chi connectivity index (χ0v) is 10.7. The van der Waals surface area contributed by atoms with Crippen molar-refractivity contribution < 1.29 is 5.11 Å². The maximum absolute atomic E-state index is 10.3. The van der Waals surface area contributed by atoms with Gasteiger partial charge in [0.05, 0.1) is 11.3 Å². The van der Waals surface area contributed by atoms with Crippen molar-refractivity contribution in [2.75, 3.05) is 6.54 Å². The number of nitrogens with zero attached hydrogens (tertiary/aromatic N) is 2. The number of hydrogen-bond acceptors (Lipinski definition) is 4. The Labute approximate surface area is 104 Å². The highest BCUT2D eigenvalue weighted by Crippen LogP contribution is 2.21. The van der Waals surface area contributed by atoms with E-state index in [1.54, 1.807) is 11.3 Å². The molecular weight excluding hydrogens is 234 g/mol. The molecular formula is C12H17N3OS. The van der Waals surface area contributed by atoms with Gasteiger partial charge in [0.1, 0.15) is 0 Å². The molecule has 92 valence electrons. The van der Waals surface area contributed by atoms with Crippen LogP contribution >= 0.6 is 11.3 Å². The van der Waals surface area contributed by atoms with E-state index in [0.29, 0.717) is 19.0 Å². The largest absolute Gasteiger partial charge is 0.388 e. The monoisotopic (exact) mass is 251 g/mol. The molecule has 5 heteroatoms. The Kier molecular flexibility index (Phi) is 2.69. The maximum Gasteiger partial charge on any atom is 0.193 e. The molecule has 1 saturated carbocycles. The van der Waals surface area contributed by atoms with Crippen LogP contribution in [0, 0.1) is 0 Å². The number of thiazole rings is 1. The number of rotatable bonds is 5. The van der Waals surface area contributed by atoms with Crippen LogP contribution in [0.4, 0.5) is 0 Å².